The number of aromatic nitrogens is 2. The number of amides is 1. The van der Waals surface area contributed by atoms with Crippen molar-refractivity contribution >= 4 is 40.3 Å². The van der Waals surface area contributed by atoms with E-state index in [-0.39, 0.29) is 11.2 Å². The molecule has 0 spiro atoms. The minimum Gasteiger partial charge on any atom is -0.351 e. The van der Waals surface area contributed by atoms with Gasteiger partial charge in [0.25, 0.3) is 0 Å². The molecule has 130 valence electrons. The zero-order valence-electron chi connectivity index (χ0n) is 14.2. The molecule has 1 amide bonds. The highest BCUT2D eigenvalue weighted by Gasteiger charge is 2.18. The van der Waals surface area contributed by atoms with Crippen molar-refractivity contribution in [1.82, 2.24) is 14.9 Å². The molecule has 3 aromatic rings. The Bertz CT molecular complexity index is 876. The van der Waals surface area contributed by atoms with E-state index in [4.69, 9.17) is 11.6 Å². The molecule has 0 aliphatic carbocycles. The van der Waals surface area contributed by atoms with E-state index in [2.05, 4.69) is 27.9 Å². The first kappa shape index (κ1) is 17.8. The number of nitrogens with one attached hydrogen (secondary N) is 1. The second-order valence-electron chi connectivity index (χ2n) is 5.73. The summed E-state index contributed by atoms with van der Waals surface area (Å²) in [6, 6.07) is 15.5. The maximum absolute atomic E-state index is 12.4. The van der Waals surface area contributed by atoms with Gasteiger partial charge in [0.1, 0.15) is 0 Å². The second kappa shape index (κ2) is 7.93. The second-order valence-corrected chi connectivity index (χ2v) is 7.48. The van der Waals surface area contributed by atoms with E-state index in [9.17, 15) is 4.79 Å². The molecule has 1 atom stereocenters. The van der Waals surface area contributed by atoms with E-state index >= 15 is 0 Å². The van der Waals surface area contributed by atoms with E-state index in [1.165, 1.54) is 11.8 Å². The van der Waals surface area contributed by atoms with Gasteiger partial charge in [-0.05, 0) is 43.7 Å². The van der Waals surface area contributed by atoms with Gasteiger partial charge in [-0.15, -0.1) is 0 Å². The lowest BCUT2D eigenvalue weighted by Gasteiger charge is -2.12. The largest absolute Gasteiger partial charge is 0.351 e. The van der Waals surface area contributed by atoms with Gasteiger partial charge in [0.05, 0.1) is 16.3 Å². The molecule has 4 nitrogen and oxygen atoms in total. The van der Waals surface area contributed by atoms with Gasteiger partial charge in [0, 0.05) is 18.1 Å². The third-order valence-corrected chi connectivity index (χ3v) is 5.31. The van der Waals surface area contributed by atoms with Crippen molar-refractivity contribution in [2.45, 2.75) is 37.3 Å². The summed E-state index contributed by atoms with van der Waals surface area (Å²) in [7, 11) is 0. The summed E-state index contributed by atoms with van der Waals surface area (Å²) in [5.41, 5.74) is 3.08. The number of thioether (sulfide) groups is 1. The van der Waals surface area contributed by atoms with E-state index in [1.807, 2.05) is 49.4 Å². The summed E-state index contributed by atoms with van der Waals surface area (Å²) in [5.74, 6) is -0.00495. The van der Waals surface area contributed by atoms with Crippen LogP contribution < -0.4 is 5.32 Å². The molecular weight excluding hydrogens is 354 g/mol. The number of aryl methyl sites for hydroxylation is 1. The molecule has 3 rings (SSSR count). The third-order valence-electron chi connectivity index (χ3n) is 3.97. The molecule has 1 N–H and O–H groups in total. The van der Waals surface area contributed by atoms with E-state index in [0.29, 0.717) is 11.6 Å². The molecule has 1 unspecified atom stereocenters. The Labute approximate surface area is 156 Å². The Hall–Kier alpha value is -1.98. The summed E-state index contributed by atoms with van der Waals surface area (Å²) >= 11 is 7.36. The number of carbonyl (C=O) groups excluding carboxylic acids is 1. The van der Waals surface area contributed by atoms with Gasteiger partial charge in [0.2, 0.25) is 5.91 Å². The molecule has 0 aliphatic rings. The lowest BCUT2D eigenvalue weighted by molar-refractivity contribution is -0.120. The van der Waals surface area contributed by atoms with Crippen molar-refractivity contribution in [3.63, 3.8) is 0 Å². The number of hydrogen-bond donors (Lipinski definition) is 1. The molecule has 0 saturated heterocycles. The number of imidazole rings is 1. The highest BCUT2D eigenvalue weighted by molar-refractivity contribution is 8.00. The lowest BCUT2D eigenvalue weighted by Crippen LogP contribution is -2.30. The fourth-order valence-electron chi connectivity index (χ4n) is 2.60. The Morgan fingerprint density at radius 3 is 2.68 bits per heavy atom. The van der Waals surface area contributed by atoms with Crippen LogP contribution in [0.1, 0.15) is 19.4 Å². The summed E-state index contributed by atoms with van der Waals surface area (Å²) in [4.78, 5) is 17.1. The number of halogens is 1. The molecule has 0 radical (unpaired) electrons. The number of nitrogens with zero attached hydrogens (tertiary/aromatic N) is 2. The first-order valence-electron chi connectivity index (χ1n) is 8.22. The Balaban J connectivity index is 1.66. The average molecular weight is 374 g/mol. The van der Waals surface area contributed by atoms with Crippen LogP contribution >= 0.6 is 23.4 Å². The van der Waals surface area contributed by atoms with Gasteiger partial charge in [-0.25, -0.2) is 4.98 Å². The number of para-hydroxylation sites is 2. The van der Waals surface area contributed by atoms with Crippen LogP contribution in [0.4, 0.5) is 0 Å². The van der Waals surface area contributed by atoms with Crippen molar-refractivity contribution in [3.8, 4) is 0 Å². The standard InChI is InChI=1S/C19H20ClN3OS/c1-3-23-17-7-5-4-6-16(17)22-19(23)25-13(2)18(24)21-12-14-8-10-15(20)11-9-14/h4-11,13H,3,12H2,1-2H3,(H,21,24). The Morgan fingerprint density at radius 2 is 1.96 bits per heavy atom. The smallest absolute Gasteiger partial charge is 0.233 e. The third kappa shape index (κ3) is 4.17. The number of hydrogen-bond acceptors (Lipinski definition) is 3. The van der Waals surface area contributed by atoms with Crippen molar-refractivity contribution in [1.29, 1.82) is 0 Å². The van der Waals surface area contributed by atoms with Crippen LogP contribution in [0.15, 0.2) is 53.7 Å². The quantitative estimate of drug-likeness (QED) is 0.647. The molecule has 0 aliphatic heterocycles. The monoisotopic (exact) mass is 373 g/mol. The van der Waals surface area contributed by atoms with Crippen LogP contribution in [-0.2, 0) is 17.9 Å². The Morgan fingerprint density at radius 1 is 1.24 bits per heavy atom. The van der Waals surface area contributed by atoms with Gasteiger partial charge >= 0.3 is 0 Å². The number of fused-ring (bicyclic) bond motifs is 1. The molecule has 1 aromatic heterocycles. The zero-order valence-corrected chi connectivity index (χ0v) is 15.8. The summed E-state index contributed by atoms with van der Waals surface area (Å²) in [5, 5.41) is 4.31. The van der Waals surface area contributed by atoms with Crippen LogP contribution in [0.25, 0.3) is 11.0 Å². The molecule has 0 saturated carbocycles. The fourth-order valence-corrected chi connectivity index (χ4v) is 3.73. The number of benzene rings is 2. The highest BCUT2D eigenvalue weighted by Crippen LogP contribution is 2.27. The van der Waals surface area contributed by atoms with Gasteiger partial charge in [-0.2, -0.15) is 0 Å². The maximum Gasteiger partial charge on any atom is 0.233 e. The van der Waals surface area contributed by atoms with Gasteiger partial charge in [0.15, 0.2) is 5.16 Å². The Kier molecular flexibility index (Phi) is 5.66. The molecule has 2 aromatic carbocycles. The van der Waals surface area contributed by atoms with E-state index < -0.39 is 0 Å². The minimum absolute atomic E-state index is 0.00495. The highest BCUT2D eigenvalue weighted by atomic mass is 35.5. The van der Waals surface area contributed by atoms with Gasteiger partial charge in [-0.1, -0.05) is 47.6 Å². The van der Waals surface area contributed by atoms with Gasteiger partial charge < -0.3 is 9.88 Å². The molecule has 6 heteroatoms. The summed E-state index contributed by atoms with van der Waals surface area (Å²) in [6.07, 6.45) is 0. The maximum atomic E-state index is 12.4. The van der Waals surface area contributed by atoms with Crippen molar-refractivity contribution in [2.75, 3.05) is 0 Å². The van der Waals surface area contributed by atoms with Crippen LogP contribution in [0.2, 0.25) is 5.02 Å². The molecule has 1 heterocycles. The predicted octanol–water partition coefficient (Wildman–Crippen LogP) is 4.51. The first-order chi connectivity index (χ1) is 12.1. The summed E-state index contributed by atoms with van der Waals surface area (Å²) in [6.45, 7) is 5.30. The van der Waals surface area contributed by atoms with E-state index in [0.717, 1.165) is 28.3 Å². The lowest BCUT2D eigenvalue weighted by atomic mass is 10.2. The van der Waals surface area contributed by atoms with Crippen LogP contribution in [0.3, 0.4) is 0 Å². The minimum atomic E-state index is -0.227. The molecular formula is C19H20ClN3OS. The van der Waals surface area contributed by atoms with Gasteiger partial charge in [-0.3, -0.25) is 4.79 Å². The normalized spacial score (nSPS) is 12.3. The molecule has 25 heavy (non-hydrogen) atoms. The average Bonchev–Trinajstić information content (AvgIpc) is 2.97. The predicted molar refractivity (Wildman–Crippen MR) is 104 cm³/mol. The number of rotatable bonds is 6. The van der Waals surface area contributed by atoms with Crippen molar-refractivity contribution in [2.24, 2.45) is 0 Å². The number of carbonyl (C=O) groups is 1. The van der Waals surface area contributed by atoms with Crippen LogP contribution in [-0.4, -0.2) is 20.7 Å². The molecule has 0 fully saturated rings. The SMILES string of the molecule is CCn1c(SC(C)C(=O)NCc2ccc(Cl)cc2)nc2ccccc21. The fraction of sp³-hybridized carbons (Fsp3) is 0.263. The van der Waals surface area contributed by atoms with Crippen molar-refractivity contribution in [3.05, 3.63) is 59.1 Å². The van der Waals surface area contributed by atoms with Crippen molar-refractivity contribution < 1.29 is 4.79 Å². The van der Waals surface area contributed by atoms with Crippen LogP contribution in [0, 0.1) is 0 Å². The molecule has 0 bridgehead atoms. The van der Waals surface area contributed by atoms with E-state index in [1.54, 1.807) is 0 Å². The topological polar surface area (TPSA) is 46.9 Å². The zero-order chi connectivity index (χ0) is 17.8. The first-order valence-corrected chi connectivity index (χ1v) is 9.48. The summed E-state index contributed by atoms with van der Waals surface area (Å²) < 4.78 is 2.14. The van der Waals surface area contributed by atoms with Crippen LogP contribution in [0.5, 0.6) is 0 Å².